The SMILES string of the molecule is COc1ccc(NC(=O)c2cc(O)ccc2O)cc1N. The number of benzene rings is 2. The Morgan fingerprint density at radius 1 is 1.20 bits per heavy atom. The monoisotopic (exact) mass is 274 g/mol. The Balaban J connectivity index is 2.23. The minimum atomic E-state index is -0.553. The summed E-state index contributed by atoms with van der Waals surface area (Å²) in [5.74, 6) is -0.379. The van der Waals surface area contributed by atoms with Crippen LogP contribution in [0, 0.1) is 0 Å². The van der Waals surface area contributed by atoms with Crippen LogP contribution in [-0.4, -0.2) is 23.2 Å². The molecule has 0 atom stereocenters. The number of carbonyl (C=O) groups is 1. The molecule has 1 amide bonds. The Hall–Kier alpha value is -2.89. The number of ether oxygens (including phenoxy) is 1. The van der Waals surface area contributed by atoms with Crippen molar-refractivity contribution in [1.29, 1.82) is 0 Å². The first-order valence-electron chi connectivity index (χ1n) is 5.78. The number of phenols is 2. The molecule has 5 N–H and O–H groups in total. The summed E-state index contributed by atoms with van der Waals surface area (Å²) in [6.45, 7) is 0. The van der Waals surface area contributed by atoms with Crippen molar-refractivity contribution in [3.63, 3.8) is 0 Å². The van der Waals surface area contributed by atoms with Gasteiger partial charge in [-0.2, -0.15) is 0 Å². The Labute approximate surface area is 115 Å². The summed E-state index contributed by atoms with van der Waals surface area (Å²) in [7, 11) is 1.49. The predicted octanol–water partition coefficient (Wildman–Crippen LogP) is 1.94. The van der Waals surface area contributed by atoms with Crippen LogP contribution in [0.3, 0.4) is 0 Å². The van der Waals surface area contributed by atoms with Gasteiger partial charge in [-0.15, -0.1) is 0 Å². The molecule has 104 valence electrons. The fourth-order valence-corrected chi connectivity index (χ4v) is 1.72. The molecule has 0 heterocycles. The van der Waals surface area contributed by atoms with E-state index in [0.717, 1.165) is 0 Å². The predicted molar refractivity (Wildman–Crippen MR) is 75.1 cm³/mol. The van der Waals surface area contributed by atoms with Gasteiger partial charge in [0.05, 0.1) is 18.4 Å². The molecule has 0 bridgehead atoms. The Morgan fingerprint density at radius 3 is 2.60 bits per heavy atom. The molecule has 0 aliphatic carbocycles. The highest BCUT2D eigenvalue weighted by Crippen LogP contribution is 2.26. The number of methoxy groups -OCH3 is 1. The number of carbonyl (C=O) groups excluding carboxylic acids is 1. The van der Waals surface area contributed by atoms with Crippen LogP contribution >= 0.6 is 0 Å². The zero-order valence-corrected chi connectivity index (χ0v) is 10.8. The first-order chi connectivity index (χ1) is 9.51. The van der Waals surface area contributed by atoms with Crippen LogP contribution in [0.2, 0.25) is 0 Å². The van der Waals surface area contributed by atoms with Gasteiger partial charge in [0.2, 0.25) is 0 Å². The summed E-state index contributed by atoms with van der Waals surface area (Å²) in [6, 6.07) is 8.48. The lowest BCUT2D eigenvalue weighted by Gasteiger charge is -2.09. The lowest BCUT2D eigenvalue weighted by atomic mass is 10.1. The van der Waals surface area contributed by atoms with Gasteiger partial charge < -0.3 is 26.0 Å². The van der Waals surface area contributed by atoms with Crippen molar-refractivity contribution in [2.75, 3.05) is 18.2 Å². The minimum Gasteiger partial charge on any atom is -0.508 e. The second-order valence-corrected chi connectivity index (χ2v) is 4.11. The van der Waals surface area contributed by atoms with Crippen molar-refractivity contribution in [2.24, 2.45) is 0 Å². The van der Waals surface area contributed by atoms with Crippen LogP contribution in [0.1, 0.15) is 10.4 Å². The van der Waals surface area contributed by atoms with Gasteiger partial charge in [-0.05, 0) is 36.4 Å². The molecule has 0 spiro atoms. The molecule has 0 radical (unpaired) electrons. The first-order valence-corrected chi connectivity index (χ1v) is 5.78. The summed E-state index contributed by atoms with van der Waals surface area (Å²) >= 11 is 0. The second-order valence-electron chi connectivity index (χ2n) is 4.11. The highest BCUT2D eigenvalue weighted by Gasteiger charge is 2.13. The van der Waals surface area contributed by atoms with E-state index in [9.17, 15) is 15.0 Å². The molecule has 6 heteroatoms. The fourth-order valence-electron chi connectivity index (χ4n) is 1.72. The third-order valence-electron chi connectivity index (χ3n) is 2.71. The highest BCUT2D eigenvalue weighted by molar-refractivity contribution is 6.06. The highest BCUT2D eigenvalue weighted by atomic mass is 16.5. The Bertz CT molecular complexity index is 656. The van der Waals surface area contributed by atoms with E-state index in [1.54, 1.807) is 12.1 Å². The second kappa shape index (κ2) is 5.40. The molecule has 20 heavy (non-hydrogen) atoms. The molecule has 0 aromatic heterocycles. The van der Waals surface area contributed by atoms with Gasteiger partial charge in [0.15, 0.2) is 0 Å². The molecule has 0 aliphatic heterocycles. The lowest BCUT2D eigenvalue weighted by molar-refractivity contribution is 0.102. The van der Waals surface area contributed by atoms with Crippen LogP contribution in [0.25, 0.3) is 0 Å². The average Bonchev–Trinajstić information content (AvgIpc) is 2.41. The van der Waals surface area contributed by atoms with E-state index in [1.807, 2.05) is 0 Å². The number of hydrogen-bond acceptors (Lipinski definition) is 5. The quantitative estimate of drug-likeness (QED) is 0.505. The van der Waals surface area contributed by atoms with Crippen molar-refractivity contribution >= 4 is 17.3 Å². The molecule has 0 saturated carbocycles. The van der Waals surface area contributed by atoms with Crippen LogP contribution in [0.15, 0.2) is 36.4 Å². The molecule has 0 aliphatic rings. The molecule has 6 nitrogen and oxygen atoms in total. The van der Waals surface area contributed by atoms with Crippen molar-refractivity contribution in [3.8, 4) is 17.2 Å². The van der Waals surface area contributed by atoms with Gasteiger partial charge in [0, 0.05) is 5.69 Å². The van der Waals surface area contributed by atoms with Gasteiger partial charge in [-0.1, -0.05) is 0 Å². The Morgan fingerprint density at radius 2 is 1.95 bits per heavy atom. The number of amides is 1. The van der Waals surface area contributed by atoms with E-state index in [2.05, 4.69) is 5.32 Å². The zero-order chi connectivity index (χ0) is 14.7. The fraction of sp³-hybridized carbons (Fsp3) is 0.0714. The van der Waals surface area contributed by atoms with Crippen molar-refractivity contribution in [3.05, 3.63) is 42.0 Å². The first kappa shape index (κ1) is 13.5. The van der Waals surface area contributed by atoms with Crippen molar-refractivity contribution < 1.29 is 19.7 Å². The molecule has 2 aromatic rings. The van der Waals surface area contributed by atoms with Gasteiger partial charge in [-0.3, -0.25) is 4.79 Å². The van der Waals surface area contributed by atoms with Gasteiger partial charge in [0.1, 0.15) is 17.2 Å². The van der Waals surface area contributed by atoms with E-state index in [0.29, 0.717) is 17.1 Å². The van der Waals surface area contributed by atoms with Gasteiger partial charge in [-0.25, -0.2) is 0 Å². The van der Waals surface area contributed by atoms with Gasteiger partial charge in [0.25, 0.3) is 5.91 Å². The van der Waals surface area contributed by atoms with Crippen molar-refractivity contribution in [2.45, 2.75) is 0 Å². The maximum Gasteiger partial charge on any atom is 0.259 e. The molecule has 2 aromatic carbocycles. The smallest absolute Gasteiger partial charge is 0.259 e. The molecular formula is C14H14N2O4. The number of rotatable bonds is 3. The lowest BCUT2D eigenvalue weighted by Crippen LogP contribution is -2.12. The number of nitrogens with two attached hydrogens (primary N) is 1. The summed E-state index contributed by atoms with van der Waals surface area (Å²) in [4.78, 5) is 12.0. The van der Waals surface area contributed by atoms with Crippen molar-refractivity contribution in [1.82, 2.24) is 0 Å². The van der Waals surface area contributed by atoms with E-state index < -0.39 is 5.91 Å². The van der Waals surface area contributed by atoms with Gasteiger partial charge >= 0.3 is 0 Å². The molecule has 0 fully saturated rings. The number of aromatic hydroxyl groups is 2. The summed E-state index contributed by atoms with van der Waals surface area (Å²) < 4.78 is 5.01. The van der Waals surface area contributed by atoms with E-state index in [1.165, 1.54) is 31.4 Å². The summed E-state index contributed by atoms with van der Waals surface area (Å²) in [6.07, 6.45) is 0. The maximum absolute atomic E-state index is 12.0. The summed E-state index contributed by atoms with van der Waals surface area (Å²) in [5.41, 5.74) is 6.54. The van der Waals surface area contributed by atoms with Crippen LogP contribution in [0.5, 0.6) is 17.2 Å². The van der Waals surface area contributed by atoms with Crippen LogP contribution in [0.4, 0.5) is 11.4 Å². The number of anilines is 2. The molecule has 0 unspecified atom stereocenters. The third kappa shape index (κ3) is 2.74. The maximum atomic E-state index is 12.0. The number of hydrogen-bond donors (Lipinski definition) is 4. The zero-order valence-electron chi connectivity index (χ0n) is 10.8. The Kier molecular flexibility index (Phi) is 3.65. The largest absolute Gasteiger partial charge is 0.508 e. The number of nitrogen functional groups attached to an aromatic ring is 1. The van der Waals surface area contributed by atoms with Crippen LogP contribution < -0.4 is 15.8 Å². The summed E-state index contributed by atoms with van der Waals surface area (Å²) in [5, 5.41) is 21.5. The molecule has 2 rings (SSSR count). The number of nitrogens with one attached hydrogen (secondary N) is 1. The number of phenolic OH excluding ortho intramolecular Hbond substituents is 2. The molecule has 0 saturated heterocycles. The topological polar surface area (TPSA) is 105 Å². The van der Waals surface area contributed by atoms with E-state index in [-0.39, 0.29) is 17.1 Å². The molecular weight excluding hydrogens is 260 g/mol. The standard InChI is InChI=1S/C14H14N2O4/c1-20-13-5-2-8(6-11(13)15)16-14(19)10-7-9(17)3-4-12(10)18/h2-7,17-18H,15H2,1H3,(H,16,19). The minimum absolute atomic E-state index is 0.0283. The van der Waals surface area contributed by atoms with Crippen LogP contribution in [-0.2, 0) is 0 Å². The average molecular weight is 274 g/mol. The normalized spacial score (nSPS) is 10.1. The third-order valence-corrected chi connectivity index (χ3v) is 2.71. The van der Waals surface area contributed by atoms with E-state index >= 15 is 0 Å². The van der Waals surface area contributed by atoms with E-state index in [4.69, 9.17) is 10.5 Å².